The van der Waals surface area contributed by atoms with Crippen molar-refractivity contribution in [2.45, 2.75) is 32.2 Å². The highest BCUT2D eigenvalue weighted by molar-refractivity contribution is 5.84. The fourth-order valence-electron chi connectivity index (χ4n) is 3.73. The Balaban J connectivity index is 1.47. The molecule has 1 aromatic rings. The van der Waals surface area contributed by atoms with Crippen LogP contribution >= 0.6 is 0 Å². The first-order valence-corrected chi connectivity index (χ1v) is 7.99. The third-order valence-corrected chi connectivity index (χ3v) is 4.97. The molecule has 1 amide bonds. The van der Waals surface area contributed by atoms with E-state index in [-0.39, 0.29) is 6.09 Å². The SMILES string of the molecule is CC[C@@H]1CN2CC[C@H]1C[C@@H]2COC(=O)Nc1ccccc1. The Morgan fingerprint density at radius 1 is 1.38 bits per heavy atom. The van der Waals surface area contributed by atoms with Crippen LogP contribution in [0.4, 0.5) is 10.5 Å². The Hall–Kier alpha value is -1.55. The predicted octanol–water partition coefficient (Wildman–Crippen LogP) is 3.36. The number of hydrogen-bond acceptors (Lipinski definition) is 3. The van der Waals surface area contributed by atoms with E-state index in [2.05, 4.69) is 17.1 Å². The molecule has 21 heavy (non-hydrogen) atoms. The number of nitrogens with zero attached hydrogens (tertiary/aromatic N) is 1. The van der Waals surface area contributed by atoms with E-state index in [1.165, 1.54) is 25.8 Å². The number of carbonyl (C=O) groups excluding carboxylic acids is 1. The van der Waals surface area contributed by atoms with Gasteiger partial charge in [-0.3, -0.25) is 10.2 Å². The zero-order valence-corrected chi connectivity index (χ0v) is 12.6. The van der Waals surface area contributed by atoms with Gasteiger partial charge in [0.2, 0.25) is 0 Å². The van der Waals surface area contributed by atoms with Crippen LogP contribution in [-0.2, 0) is 4.74 Å². The molecule has 0 spiro atoms. The Morgan fingerprint density at radius 2 is 2.19 bits per heavy atom. The summed E-state index contributed by atoms with van der Waals surface area (Å²) in [5, 5.41) is 2.77. The van der Waals surface area contributed by atoms with Gasteiger partial charge in [0.25, 0.3) is 0 Å². The van der Waals surface area contributed by atoms with E-state index in [0.29, 0.717) is 12.6 Å². The third-order valence-electron chi connectivity index (χ3n) is 4.97. The standard InChI is InChI=1S/C17H24N2O2/c1-2-13-11-19-9-8-14(13)10-16(19)12-21-17(20)18-15-6-4-3-5-7-15/h3-7,13-14,16H,2,8-12H2,1H3,(H,18,20)/t13-,14+,16-/m1/s1. The number of rotatable bonds is 4. The van der Waals surface area contributed by atoms with Crippen LogP contribution in [0.15, 0.2) is 30.3 Å². The summed E-state index contributed by atoms with van der Waals surface area (Å²) in [6, 6.07) is 9.84. The van der Waals surface area contributed by atoms with E-state index >= 15 is 0 Å². The molecule has 0 aromatic heterocycles. The van der Waals surface area contributed by atoms with Crippen molar-refractivity contribution in [2.24, 2.45) is 11.8 Å². The summed E-state index contributed by atoms with van der Waals surface area (Å²) in [5.74, 6) is 1.67. The molecule has 0 radical (unpaired) electrons. The largest absolute Gasteiger partial charge is 0.448 e. The molecule has 0 saturated carbocycles. The number of carbonyl (C=O) groups is 1. The van der Waals surface area contributed by atoms with Crippen molar-refractivity contribution in [2.75, 3.05) is 25.0 Å². The maximum absolute atomic E-state index is 11.8. The number of hydrogen-bond donors (Lipinski definition) is 1. The minimum atomic E-state index is -0.351. The summed E-state index contributed by atoms with van der Waals surface area (Å²) < 4.78 is 5.42. The molecule has 3 saturated heterocycles. The van der Waals surface area contributed by atoms with Gasteiger partial charge in [-0.25, -0.2) is 4.79 Å². The average molecular weight is 288 g/mol. The number of amides is 1. The lowest BCUT2D eigenvalue weighted by Gasteiger charge is -2.49. The van der Waals surface area contributed by atoms with Crippen molar-refractivity contribution in [3.8, 4) is 0 Å². The van der Waals surface area contributed by atoms with Gasteiger partial charge in [-0.1, -0.05) is 31.5 Å². The number of fused-ring (bicyclic) bond motifs is 3. The molecular formula is C17H24N2O2. The van der Waals surface area contributed by atoms with Crippen molar-refractivity contribution < 1.29 is 9.53 Å². The highest BCUT2D eigenvalue weighted by Crippen LogP contribution is 2.37. The molecule has 4 heteroatoms. The van der Waals surface area contributed by atoms with Gasteiger partial charge in [-0.2, -0.15) is 0 Å². The molecule has 2 bridgehead atoms. The van der Waals surface area contributed by atoms with Crippen molar-refractivity contribution in [1.29, 1.82) is 0 Å². The maximum atomic E-state index is 11.8. The quantitative estimate of drug-likeness (QED) is 0.923. The normalized spacial score (nSPS) is 30.9. The van der Waals surface area contributed by atoms with Gasteiger partial charge in [0.15, 0.2) is 0 Å². The van der Waals surface area contributed by atoms with Crippen LogP contribution in [0.3, 0.4) is 0 Å². The van der Waals surface area contributed by atoms with Crippen LogP contribution in [0.25, 0.3) is 0 Å². The molecular weight excluding hydrogens is 264 g/mol. The molecule has 3 fully saturated rings. The molecule has 3 aliphatic heterocycles. The van der Waals surface area contributed by atoms with E-state index < -0.39 is 0 Å². The Morgan fingerprint density at radius 3 is 2.86 bits per heavy atom. The van der Waals surface area contributed by atoms with Crippen LogP contribution in [0.1, 0.15) is 26.2 Å². The van der Waals surface area contributed by atoms with Crippen molar-refractivity contribution in [3.63, 3.8) is 0 Å². The highest BCUT2D eigenvalue weighted by Gasteiger charge is 2.39. The fraction of sp³-hybridized carbons (Fsp3) is 0.588. The molecule has 1 N–H and O–H groups in total. The van der Waals surface area contributed by atoms with Gasteiger partial charge < -0.3 is 4.74 Å². The Kier molecular flexibility index (Phi) is 4.44. The molecule has 3 heterocycles. The van der Waals surface area contributed by atoms with Gasteiger partial charge in [0, 0.05) is 18.3 Å². The maximum Gasteiger partial charge on any atom is 0.411 e. The molecule has 4 rings (SSSR count). The second-order valence-corrected chi connectivity index (χ2v) is 6.19. The first kappa shape index (κ1) is 14.4. The summed E-state index contributed by atoms with van der Waals surface area (Å²) in [6.07, 6.45) is 3.40. The van der Waals surface area contributed by atoms with Crippen LogP contribution in [-0.4, -0.2) is 36.7 Å². The summed E-state index contributed by atoms with van der Waals surface area (Å²) in [6.45, 7) is 5.13. The zero-order valence-electron chi connectivity index (χ0n) is 12.6. The van der Waals surface area contributed by atoms with Gasteiger partial charge in [-0.15, -0.1) is 0 Å². The molecule has 114 valence electrons. The summed E-state index contributed by atoms with van der Waals surface area (Å²) in [7, 11) is 0. The van der Waals surface area contributed by atoms with Gasteiger partial charge in [0.05, 0.1) is 0 Å². The van der Waals surface area contributed by atoms with Crippen LogP contribution < -0.4 is 5.32 Å². The van der Waals surface area contributed by atoms with Gasteiger partial charge in [-0.05, 0) is 43.4 Å². The summed E-state index contributed by atoms with van der Waals surface area (Å²) in [4.78, 5) is 14.3. The number of nitrogens with one attached hydrogen (secondary N) is 1. The minimum Gasteiger partial charge on any atom is -0.448 e. The second-order valence-electron chi connectivity index (χ2n) is 6.19. The van der Waals surface area contributed by atoms with Crippen molar-refractivity contribution in [1.82, 2.24) is 4.90 Å². The van der Waals surface area contributed by atoms with Crippen LogP contribution in [0, 0.1) is 11.8 Å². The predicted molar refractivity (Wildman–Crippen MR) is 83.3 cm³/mol. The van der Waals surface area contributed by atoms with Gasteiger partial charge >= 0.3 is 6.09 Å². The molecule has 4 atom stereocenters. The third kappa shape index (κ3) is 3.38. The minimum absolute atomic E-state index is 0.351. The smallest absolute Gasteiger partial charge is 0.411 e. The lowest BCUT2D eigenvalue weighted by molar-refractivity contribution is -0.0240. The lowest BCUT2D eigenvalue weighted by atomic mass is 9.75. The van der Waals surface area contributed by atoms with Crippen LogP contribution in [0.5, 0.6) is 0 Å². The molecule has 4 nitrogen and oxygen atoms in total. The lowest BCUT2D eigenvalue weighted by Crippen LogP contribution is -2.54. The number of anilines is 1. The first-order chi connectivity index (χ1) is 10.3. The number of piperidine rings is 3. The van der Waals surface area contributed by atoms with E-state index in [9.17, 15) is 4.79 Å². The van der Waals surface area contributed by atoms with Crippen molar-refractivity contribution in [3.05, 3.63) is 30.3 Å². The number of benzene rings is 1. The molecule has 1 aromatic carbocycles. The highest BCUT2D eigenvalue weighted by atomic mass is 16.5. The molecule has 0 aliphatic carbocycles. The monoisotopic (exact) mass is 288 g/mol. The average Bonchev–Trinajstić information content (AvgIpc) is 2.54. The first-order valence-electron chi connectivity index (χ1n) is 7.99. The summed E-state index contributed by atoms with van der Waals surface area (Å²) in [5.41, 5.74) is 0.777. The second kappa shape index (κ2) is 6.48. The van der Waals surface area contributed by atoms with E-state index in [1.807, 2.05) is 30.3 Å². The van der Waals surface area contributed by atoms with E-state index in [4.69, 9.17) is 4.74 Å². The topological polar surface area (TPSA) is 41.6 Å². The van der Waals surface area contributed by atoms with Crippen molar-refractivity contribution >= 4 is 11.8 Å². The van der Waals surface area contributed by atoms with E-state index in [1.54, 1.807) is 0 Å². The summed E-state index contributed by atoms with van der Waals surface area (Å²) >= 11 is 0. The molecule has 3 aliphatic rings. The van der Waals surface area contributed by atoms with Crippen LogP contribution in [0.2, 0.25) is 0 Å². The Bertz CT molecular complexity index is 477. The number of para-hydroxylation sites is 1. The fourth-order valence-corrected chi connectivity index (χ4v) is 3.73. The van der Waals surface area contributed by atoms with E-state index in [0.717, 1.165) is 24.1 Å². The van der Waals surface area contributed by atoms with Gasteiger partial charge in [0.1, 0.15) is 6.61 Å². The Labute approximate surface area is 126 Å². The zero-order chi connectivity index (χ0) is 14.7. The number of ether oxygens (including phenoxy) is 1. The molecule has 1 unspecified atom stereocenters.